The molecule has 6 aromatic carbocycles. The quantitative estimate of drug-likeness (QED) is 0.0291. The topological polar surface area (TPSA) is 260 Å². The fourth-order valence-electron chi connectivity index (χ4n) is 10.2. The molecule has 20 nitrogen and oxygen atoms in total. The second-order valence-electron chi connectivity index (χ2n) is 21.6. The lowest BCUT2D eigenvalue weighted by molar-refractivity contribution is 0.0435. The number of hydrogen-bond acceptors (Lipinski definition) is 15. The maximum absolute atomic E-state index is 13.6. The van der Waals surface area contributed by atoms with Crippen molar-refractivity contribution in [1.82, 2.24) is 10.6 Å². The van der Waals surface area contributed by atoms with Gasteiger partial charge in [0.25, 0.3) is 11.8 Å². The van der Waals surface area contributed by atoms with Crippen LogP contribution in [0.1, 0.15) is 108 Å². The molecule has 2 aliphatic rings. The highest BCUT2D eigenvalue weighted by molar-refractivity contribution is 7.92. The second kappa shape index (κ2) is 29.4. The van der Waals surface area contributed by atoms with E-state index in [0.29, 0.717) is 81.0 Å². The number of fused-ring (bicyclic) bond motifs is 2. The molecular weight excluding hydrogens is 1210 g/mol. The SMILES string of the molecule is CCOC(=O)c1ccc(COCCOCCN(c2cc3oc(-c4ccc(F)cc4)c(C(=O)NC)c3cc2C2CC2)S(C)(=O)=O)cc1.CNC(=O)c1c(-c2ccc(F)cc2)oc2cc(N(CCOCCOCc3ccc(C(=O)O)cc3)S(C)(=O)=O)c(C3CC3)cc12. The highest BCUT2D eigenvalue weighted by Crippen LogP contribution is 2.50. The Morgan fingerprint density at radius 2 is 0.922 bits per heavy atom. The van der Waals surface area contributed by atoms with Crippen LogP contribution in [0.25, 0.3) is 44.6 Å². The van der Waals surface area contributed by atoms with Gasteiger partial charge >= 0.3 is 11.9 Å². The summed E-state index contributed by atoms with van der Waals surface area (Å²) in [6, 6.07) is 31.6. The van der Waals surface area contributed by atoms with Gasteiger partial charge in [0.15, 0.2) is 0 Å². The number of carbonyl (C=O) groups is 4. The maximum Gasteiger partial charge on any atom is 0.338 e. The van der Waals surface area contributed by atoms with Gasteiger partial charge in [0, 0.05) is 48.1 Å². The third-order valence-electron chi connectivity index (χ3n) is 15.0. The molecule has 3 N–H and O–H groups in total. The number of furan rings is 2. The van der Waals surface area contributed by atoms with Crippen LogP contribution >= 0.6 is 0 Å². The monoisotopic (exact) mass is 1280 g/mol. The van der Waals surface area contributed by atoms with Crippen molar-refractivity contribution in [3.8, 4) is 22.6 Å². The zero-order chi connectivity index (χ0) is 64.3. The van der Waals surface area contributed by atoms with Crippen LogP contribution < -0.4 is 19.2 Å². The van der Waals surface area contributed by atoms with E-state index in [4.69, 9.17) is 37.6 Å². The van der Waals surface area contributed by atoms with E-state index in [0.717, 1.165) is 60.4 Å². The summed E-state index contributed by atoms with van der Waals surface area (Å²) in [5.74, 6) is -2.11. The number of anilines is 2. The highest BCUT2D eigenvalue weighted by atomic mass is 32.2. The summed E-state index contributed by atoms with van der Waals surface area (Å²) < 4.78 is 122. The van der Waals surface area contributed by atoms with Crippen molar-refractivity contribution in [2.24, 2.45) is 0 Å². The third-order valence-corrected chi connectivity index (χ3v) is 17.4. The molecule has 90 heavy (non-hydrogen) atoms. The number of carbonyl (C=O) groups excluding carboxylic acids is 3. The first kappa shape index (κ1) is 65.9. The fourth-order valence-corrected chi connectivity index (χ4v) is 12.1. The lowest BCUT2D eigenvalue weighted by Gasteiger charge is -2.25. The molecule has 0 radical (unpaired) electrons. The Morgan fingerprint density at radius 3 is 1.27 bits per heavy atom. The Labute approximate surface area is 520 Å². The Kier molecular flexibility index (Phi) is 21.5. The Bertz CT molecular complexity index is 4090. The standard InChI is InChI=1S/C34H37FN2O8S.C32H33FN2O8S/c1-4-44-34(39)25-7-5-22(6-8-25)21-43-18-17-42-16-15-37(46(3,40)41)29-20-30-28(19-27(29)23-9-10-23)31(33(38)36-2)32(45-30)24-11-13-26(35)14-12-24;1-34-31(36)29-26-17-25(21-7-8-21)27(18-28(26)43-30(29)22-9-11-24(33)12-10-22)35(44(2,39)40)13-14-41-15-16-42-19-20-3-5-23(6-4-20)32(37)38/h5-8,11-14,19-20,23H,4,9-10,15-18,21H2,1-3H3,(H,36,38);3-6,9-12,17-18,21H,7-8,13-16,19H2,1-2H3,(H,34,36)(H,37,38). The zero-order valence-electron chi connectivity index (χ0n) is 50.3. The van der Waals surface area contributed by atoms with E-state index in [1.54, 1.807) is 55.5 Å². The molecule has 2 saturated carbocycles. The van der Waals surface area contributed by atoms with Crippen molar-refractivity contribution in [2.75, 3.05) is 94.6 Å². The van der Waals surface area contributed by atoms with E-state index in [1.165, 1.54) is 83.4 Å². The molecule has 8 aromatic rings. The van der Waals surface area contributed by atoms with Crippen molar-refractivity contribution in [3.63, 3.8) is 0 Å². The summed E-state index contributed by atoms with van der Waals surface area (Å²) in [5.41, 5.74) is 7.27. The number of ether oxygens (including phenoxy) is 5. The van der Waals surface area contributed by atoms with Crippen molar-refractivity contribution < 1.29 is 82.4 Å². The number of nitrogens with zero attached hydrogens (tertiary/aromatic N) is 2. The van der Waals surface area contributed by atoms with Crippen LogP contribution in [-0.4, -0.2) is 132 Å². The minimum atomic E-state index is -3.72. The predicted molar refractivity (Wildman–Crippen MR) is 335 cm³/mol. The number of esters is 1. The lowest BCUT2D eigenvalue weighted by atomic mass is 10.0. The average molecular weight is 1280 g/mol. The van der Waals surface area contributed by atoms with E-state index in [-0.39, 0.29) is 99.4 Å². The van der Waals surface area contributed by atoms with Gasteiger partial charge in [-0.05, 0) is 152 Å². The number of rotatable bonds is 29. The van der Waals surface area contributed by atoms with Gasteiger partial charge in [-0.3, -0.25) is 18.2 Å². The lowest BCUT2D eigenvalue weighted by Crippen LogP contribution is -2.34. The van der Waals surface area contributed by atoms with Crippen molar-refractivity contribution in [2.45, 2.75) is 57.7 Å². The first-order chi connectivity index (χ1) is 43.2. The molecular formula is C66H70F2N4O16S2. The van der Waals surface area contributed by atoms with E-state index >= 15 is 0 Å². The van der Waals surface area contributed by atoms with Gasteiger partial charge < -0.3 is 48.3 Å². The number of amides is 2. The molecule has 0 atom stereocenters. The van der Waals surface area contributed by atoms with Crippen LogP contribution in [0.15, 0.2) is 130 Å². The number of aromatic carboxylic acids is 1. The van der Waals surface area contributed by atoms with Gasteiger partial charge in [0.1, 0.15) is 34.3 Å². The highest BCUT2D eigenvalue weighted by Gasteiger charge is 2.35. The zero-order valence-corrected chi connectivity index (χ0v) is 52.0. The summed E-state index contributed by atoms with van der Waals surface area (Å²) in [6.45, 7) is 4.05. The molecule has 2 amide bonds. The van der Waals surface area contributed by atoms with Gasteiger partial charge in [0.2, 0.25) is 20.0 Å². The van der Waals surface area contributed by atoms with Crippen LogP contribution in [-0.2, 0) is 56.9 Å². The molecule has 2 fully saturated rings. The number of hydrogen-bond donors (Lipinski definition) is 3. The molecule has 476 valence electrons. The Hall–Kier alpha value is -8.52. The third kappa shape index (κ3) is 16.5. The van der Waals surface area contributed by atoms with Gasteiger partial charge in [0.05, 0.1) is 119 Å². The van der Waals surface area contributed by atoms with Crippen molar-refractivity contribution in [1.29, 1.82) is 0 Å². The average Bonchev–Trinajstić information content (AvgIpc) is 1.62. The summed E-state index contributed by atoms with van der Waals surface area (Å²) in [5, 5.41) is 15.4. The van der Waals surface area contributed by atoms with E-state index in [9.17, 15) is 44.8 Å². The van der Waals surface area contributed by atoms with Gasteiger partial charge in [-0.25, -0.2) is 35.2 Å². The first-order valence-electron chi connectivity index (χ1n) is 29.2. The summed E-state index contributed by atoms with van der Waals surface area (Å²) in [4.78, 5) is 48.8. The molecule has 10 rings (SSSR count). The largest absolute Gasteiger partial charge is 0.478 e. The first-order valence-corrected chi connectivity index (χ1v) is 32.9. The Morgan fingerprint density at radius 1 is 0.544 bits per heavy atom. The Balaban J connectivity index is 0.000000214. The molecule has 0 unspecified atom stereocenters. The minimum absolute atomic E-state index is 0.0501. The number of carboxylic acid groups (broad SMARTS) is 1. The molecule has 0 aliphatic heterocycles. The number of carboxylic acids is 1. The normalized spacial score (nSPS) is 13.2. The molecule has 24 heteroatoms. The van der Waals surface area contributed by atoms with Crippen LogP contribution in [0.5, 0.6) is 0 Å². The van der Waals surface area contributed by atoms with E-state index in [1.807, 2.05) is 12.1 Å². The smallest absolute Gasteiger partial charge is 0.338 e. The fraction of sp³-hybridized carbons (Fsp3) is 0.333. The van der Waals surface area contributed by atoms with E-state index in [2.05, 4.69) is 10.6 Å². The minimum Gasteiger partial charge on any atom is -0.478 e. The van der Waals surface area contributed by atoms with Crippen LogP contribution in [0, 0.1) is 11.6 Å². The summed E-state index contributed by atoms with van der Waals surface area (Å²) in [6.07, 6.45) is 5.85. The summed E-state index contributed by atoms with van der Waals surface area (Å²) >= 11 is 0. The van der Waals surface area contributed by atoms with Crippen LogP contribution in [0.2, 0.25) is 0 Å². The molecule has 0 bridgehead atoms. The second-order valence-corrected chi connectivity index (χ2v) is 25.4. The van der Waals surface area contributed by atoms with Crippen molar-refractivity contribution >= 4 is 77.1 Å². The molecule has 0 spiro atoms. The molecule has 0 saturated heterocycles. The molecule has 2 aromatic heterocycles. The molecule has 2 aliphatic carbocycles. The van der Waals surface area contributed by atoms with Gasteiger partial charge in [-0.1, -0.05) is 24.3 Å². The van der Waals surface area contributed by atoms with Crippen LogP contribution in [0.3, 0.4) is 0 Å². The van der Waals surface area contributed by atoms with Crippen LogP contribution in [0.4, 0.5) is 20.2 Å². The molecule has 2 heterocycles. The van der Waals surface area contributed by atoms with Gasteiger partial charge in [-0.15, -0.1) is 0 Å². The predicted octanol–water partition coefficient (Wildman–Crippen LogP) is 10.8. The summed E-state index contributed by atoms with van der Waals surface area (Å²) in [7, 11) is -4.40. The maximum atomic E-state index is 13.6. The number of benzene rings is 6. The number of halogens is 2. The van der Waals surface area contributed by atoms with Crippen molar-refractivity contribution in [3.05, 3.63) is 177 Å². The number of sulfonamides is 2. The van der Waals surface area contributed by atoms with Gasteiger partial charge in [-0.2, -0.15) is 0 Å². The van der Waals surface area contributed by atoms with E-state index < -0.39 is 37.7 Å². The number of nitrogens with one attached hydrogen (secondary N) is 2.